The van der Waals surface area contributed by atoms with Gasteiger partial charge in [0.15, 0.2) is 0 Å². The maximum Gasteiger partial charge on any atom is 0.325 e. The molecule has 0 aromatic carbocycles. The van der Waals surface area contributed by atoms with E-state index in [2.05, 4.69) is 22.4 Å². The van der Waals surface area contributed by atoms with E-state index in [0.717, 1.165) is 80.7 Å². The number of hydrogen-bond acceptors (Lipinski definition) is 7. The fourth-order valence-corrected chi connectivity index (χ4v) is 5.66. The SMILES string of the molecule is C.O=C(O)[C@H](c1cccnc1C1CCCCO1)N1CC[C@@H](OCCCCc2ccc3c(n2)NCCC3)C1. The molecule has 8 nitrogen and oxygen atoms in total. The molecule has 8 heteroatoms. The number of hydrogen-bond donors (Lipinski definition) is 2. The second kappa shape index (κ2) is 13.3. The van der Waals surface area contributed by atoms with Gasteiger partial charge in [-0.25, -0.2) is 4.98 Å². The third-order valence-electron chi connectivity index (χ3n) is 7.56. The zero-order valence-corrected chi connectivity index (χ0v) is 21.0. The molecule has 202 valence electrons. The number of aromatic nitrogens is 2. The predicted octanol–water partition coefficient (Wildman–Crippen LogP) is 4.95. The number of fused-ring (bicyclic) bond motifs is 1. The number of aryl methyl sites for hydroxylation is 2. The van der Waals surface area contributed by atoms with Crippen molar-refractivity contribution in [1.29, 1.82) is 0 Å². The third-order valence-corrected chi connectivity index (χ3v) is 7.56. The van der Waals surface area contributed by atoms with Crippen molar-refractivity contribution in [3.63, 3.8) is 0 Å². The first-order valence-corrected chi connectivity index (χ1v) is 13.6. The van der Waals surface area contributed by atoms with Crippen LogP contribution in [0.4, 0.5) is 5.82 Å². The molecule has 2 aromatic heterocycles. The largest absolute Gasteiger partial charge is 0.480 e. The van der Waals surface area contributed by atoms with Crippen LogP contribution in [-0.4, -0.2) is 64.9 Å². The van der Waals surface area contributed by atoms with Gasteiger partial charge in [-0.3, -0.25) is 14.7 Å². The van der Waals surface area contributed by atoms with Crippen molar-refractivity contribution in [2.24, 2.45) is 0 Å². The van der Waals surface area contributed by atoms with Gasteiger partial charge in [0.05, 0.1) is 17.9 Å². The van der Waals surface area contributed by atoms with Crippen LogP contribution in [0.25, 0.3) is 0 Å². The molecular formula is C29H42N4O4. The summed E-state index contributed by atoms with van der Waals surface area (Å²) in [6.07, 6.45) is 10.8. The first kappa shape index (κ1) is 27.5. The molecule has 2 fully saturated rings. The summed E-state index contributed by atoms with van der Waals surface area (Å²) in [5, 5.41) is 13.6. The van der Waals surface area contributed by atoms with E-state index >= 15 is 0 Å². The minimum atomic E-state index is -0.840. The molecule has 0 aliphatic carbocycles. The van der Waals surface area contributed by atoms with Crippen LogP contribution in [0.3, 0.4) is 0 Å². The Bertz CT molecular complexity index is 1030. The van der Waals surface area contributed by atoms with E-state index in [9.17, 15) is 9.90 Å². The van der Waals surface area contributed by atoms with Gasteiger partial charge in [0.2, 0.25) is 0 Å². The van der Waals surface area contributed by atoms with E-state index in [4.69, 9.17) is 14.5 Å². The number of carbonyl (C=O) groups is 1. The molecule has 3 aliphatic heterocycles. The van der Waals surface area contributed by atoms with Crippen LogP contribution in [0.1, 0.15) is 87.0 Å². The smallest absolute Gasteiger partial charge is 0.325 e. The molecule has 5 rings (SSSR count). The Labute approximate surface area is 220 Å². The maximum atomic E-state index is 12.4. The van der Waals surface area contributed by atoms with Crippen LogP contribution >= 0.6 is 0 Å². The number of ether oxygens (including phenoxy) is 2. The van der Waals surface area contributed by atoms with Crippen molar-refractivity contribution < 1.29 is 19.4 Å². The number of carboxylic acids is 1. The Kier molecular flexibility index (Phi) is 9.88. The first-order chi connectivity index (χ1) is 17.7. The van der Waals surface area contributed by atoms with Crippen molar-refractivity contribution in [2.75, 3.05) is 38.2 Å². The Morgan fingerprint density at radius 3 is 2.97 bits per heavy atom. The van der Waals surface area contributed by atoms with Gasteiger partial charge in [0, 0.05) is 50.3 Å². The monoisotopic (exact) mass is 510 g/mol. The van der Waals surface area contributed by atoms with Gasteiger partial charge in [0.1, 0.15) is 11.9 Å². The van der Waals surface area contributed by atoms with Crippen LogP contribution < -0.4 is 5.32 Å². The highest BCUT2D eigenvalue weighted by Gasteiger charge is 2.37. The summed E-state index contributed by atoms with van der Waals surface area (Å²) in [6, 6.07) is 7.36. The van der Waals surface area contributed by atoms with Crippen molar-refractivity contribution in [3.8, 4) is 0 Å². The Balaban J connectivity index is 0.00000320. The lowest BCUT2D eigenvalue weighted by atomic mass is 9.97. The van der Waals surface area contributed by atoms with E-state index in [1.165, 1.54) is 12.0 Å². The molecule has 5 heterocycles. The highest BCUT2D eigenvalue weighted by atomic mass is 16.5. The van der Waals surface area contributed by atoms with Crippen LogP contribution in [0, 0.1) is 0 Å². The van der Waals surface area contributed by atoms with Crippen LogP contribution in [0.2, 0.25) is 0 Å². The normalized spacial score (nSPS) is 22.5. The van der Waals surface area contributed by atoms with Crippen LogP contribution in [0.15, 0.2) is 30.5 Å². The fourth-order valence-electron chi connectivity index (χ4n) is 5.66. The molecule has 3 aliphatic rings. The quantitative estimate of drug-likeness (QED) is 0.433. The molecule has 0 spiro atoms. The second-order valence-electron chi connectivity index (χ2n) is 10.1. The van der Waals surface area contributed by atoms with Gasteiger partial charge in [-0.1, -0.05) is 19.6 Å². The van der Waals surface area contributed by atoms with Crippen molar-refractivity contribution in [2.45, 2.75) is 83.5 Å². The summed E-state index contributed by atoms with van der Waals surface area (Å²) in [6.45, 7) is 3.72. The molecule has 2 aromatic rings. The third kappa shape index (κ3) is 6.86. The molecule has 3 atom stereocenters. The molecule has 37 heavy (non-hydrogen) atoms. The second-order valence-corrected chi connectivity index (χ2v) is 10.1. The number of pyridine rings is 2. The molecular weight excluding hydrogens is 468 g/mol. The van der Waals surface area contributed by atoms with Crippen molar-refractivity contribution in [3.05, 3.63) is 53.0 Å². The fraction of sp³-hybridized carbons (Fsp3) is 0.621. The average molecular weight is 511 g/mol. The minimum Gasteiger partial charge on any atom is -0.480 e. The Morgan fingerprint density at radius 1 is 1.22 bits per heavy atom. The summed E-state index contributed by atoms with van der Waals surface area (Å²) in [5.41, 5.74) is 3.99. The number of rotatable bonds is 10. The van der Waals surface area contributed by atoms with Crippen molar-refractivity contribution in [1.82, 2.24) is 14.9 Å². The number of aliphatic carboxylic acids is 1. The summed E-state index contributed by atoms with van der Waals surface area (Å²) in [5.74, 6) is 0.216. The van der Waals surface area contributed by atoms with E-state index in [-0.39, 0.29) is 19.6 Å². The first-order valence-electron chi connectivity index (χ1n) is 13.6. The maximum absolute atomic E-state index is 12.4. The summed E-state index contributed by atoms with van der Waals surface area (Å²) < 4.78 is 12.1. The summed E-state index contributed by atoms with van der Waals surface area (Å²) in [4.78, 5) is 23.8. The summed E-state index contributed by atoms with van der Waals surface area (Å²) >= 11 is 0. The summed E-state index contributed by atoms with van der Waals surface area (Å²) in [7, 11) is 0. The van der Waals surface area contributed by atoms with E-state index in [1.54, 1.807) is 6.20 Å². The van der Waals surface area contributed by atoms with Gasteiger partial charge in [0.25, 0.3) is 0 Å². The standard InChI is InChI=1S/C28H38N4O4.CH4/c33-28(34)26(23-9-6-14-29-25(23)24-10-2-4-18-36-24)32-16-13-22(19-32)35-17-3-1-8-21-12-11-20-7-5-15-30-27(20)31-21;/h6,9,11-12,14,22,24,26H,1-5,7-8,10,13,15-19H2,(H,30,31)(H,33,34);1H4/t22-,24?,26+;/m1./s1. The molecule has 0 saturated carbocycles. The highest BCUT2D eigenvalue weighted by molar-refractivity contribution is 5.76. The predicted molar refractivity (Wildman–Crippen MR) is 144 cm³/mol. The van der Waals surface area contributed by atoms with Gasteiger partial charge in [-0.15, -0.1) is 0 Å². The Morgan fingerprint density at radius 2 is 2.14 bits per heavy atom. The molecule has 2 N–H and O–H groups in total. The van der Waals surface area contributed by atoms with Gasteiger partial charge in [-0.2, -0.15) is 0 Å². The van der Waals surface area contributed by atoms with Gasteiger partial charge in [-0.05, 0) is 75.5 Å². The zero-order chi connectivity index (χ0) is 24.7. The molecule has 0 radical (unpaired) electrons. The lowest BCUT2D eigenvalue weighted by molar-refractivity contribution is -0.143. The lowest BCUT2D eigenvalue weighted by Gasteiger charge is -2.29. The van der Waals surface area contributed by atoms with Gasteiger partial charge >= 0.3 is 5.97 Å². The molecule has 0 bridgehead atoms. The highest BCUT2D eigenvalue weighted by Crippen LogP contribution is 2.35. The lowest BCUT2D eigenvalue weighted by Crippen LogP contribution is -2.35. The topological polar surface area (TPSA) is 96.8 Å². The average Bonchev–Trinajstić information content (AvgIpc) is 3.37. The van der Waals surface area contributed by atoms with E-state index in [1.807, 2.05) is 17.0 Å². The number of anilines is 1. The number of carboxylic acid groups (broad SMARTS) is 1. The van der Waals surface area contributed by atoms with E-state index < -0.39 is 12.0 Å². The molecule has 2 saturated heterocycles. The molecule has 1 unspecified atom stereocenters. The molecule has 0 amide bonds. The van der Waals surface area contributed by atoms with E-state index in [0.29, 0.717) is 26.3 Å². The number of unbranched alkanes of at least 4 members (excludes halogenated alkanes) is 1. The minimum absolute atomic E-state index is 0. The number of likely N-dealkylation sites (tertiary alicyclic amines) is 1. The zero-order valence-electron chi connectivity index (χ0n) is 21.0. The number of nitrogens with zero attached hydrogens (tertiary/aromatic N) is 3. The van der Waals surface area contributed by atoms with Crippen LogP contribution in [0.5, 0.6) is 0 Å². The Hall–Kier alpha value is -2.55. The number of nitrogens with one attached hydrogen (secondary N) is 1. The van der Waals surface area contributed by atoms with Crippen molar-refractivity contribution >= 4 is 11.8 Å². The van der Waals surface area contributed by atoms with Crippen LogP contribution in [-0.2, 0) is 27.1 Å². The van der Waals surface area contributed by atoms with Gasteiger partial charge < -0.3 is 19.9 Å².